The van der Waals surface area contributed by atoms with Gasteiger partial charge < -0.3 is 5.32 Å². The number of rotatable bonds is 5. The SMILES string of the molecule is CCC1CCCCC1C(NC)C(C)C1CC1. The van der Waals surface area contributed by atoms with Gasteiger partial charge in [0.15, 0.2) is 0 Å². The van der Waals surface area contributed by atoms with Gasteiger partial charge in [-0.25, -0.2) is 0 Å². The fourth-order valence-electron chi connectivity index (χ4n) is 4.00. The lowest BCUT2D eigenvalue weighted by molar-refractivity contribution is 0.139. The Morgan fingerprint density at radius 1 is 1.12 bits per heavy atom. The van der Waals surface area contributed by atoms with Gasteiger partial charge in [-0.15, -0.1) is 0 Å². The quantitative estimate of drug-likeness (QED) is 0.747. The molecule has 0 aromatic heterocycles. The summed E-state index contributed by atoms with van der Waals surface area (Å²) >= 11 is 0. The van der Waals surface area contributed by atoms with E-state index < -0.39 is 0 Å². The molecule has 0 radical (unpaired) electrons. The van der Waals surface area contributed by atoms with Crippen molar-refractivity contribution in [2.75, 3.05) is 7.05 Å². The molecule has 1 nitrogen and oxygen atoms in total. The molecular weight excluding hydrogens is 194 g/mol. The highest BCUT2D eigenvalue weighted by atomic mass is 14.9. The lowest BCUT2D eigenvalue weighted by atomic mass is 9.70. The van der Waals surface area contributed by atoms with Crippen molar-refractivity contribution in [3.63, 3.8) is 0 Å². The Morgan fingerprint density at radius 3 is 2.38 bits per heavy atom. The first-order valence-electron chi connectivity index (χ1n) is 7.45. The van der Waals surface area contributed by atoms with Gasteiger partial charge in [0.2, 0.25) is 0 Å². The highest BCUT2D eigenvalue weighted by Crippen LogP contribution is 2.44. The van der Waals surface area contributed by atoms with Crippen LogP contribution in [0.5, 0.6) is 0 Å². The van der Waals surface area contributed by atoms with E-state index in [-0.39, 0.29) is 0 Å². The van der Waals surface area contributed by atoms with Gasteiger partial charge in [-0.2, -0.15) is 0 Å². The second-order valence-electron chi connectivity index (χ2n) is 6.13. The molecule has 16 heavy (non-hydrogen) atoms. The summed E-state index contributed by atoms with van der Waals surface area (Å²) in [6.45, 7) is 4.87. The van der Waals surface area contributed by atoms with Gasteiger partial charge in [0.05, 0.1) is 0 Å². The van der Waals surface area contributed by atoms with E-state index in [0.717, 1.165) is 29.7 Å². The molecule has 0 amide bonds. The van der Waals surface area contributed by atoms with E-state index in [9.17, 15) is 0 Å². The number of hydrogen-bond donors (Lipinski definition) is 1. The third-order valence-electron chi connectivity index (χ3n) is 5.22. The zero-order valence-corrected chi connectivity index (χ0v) is 11.3. The normalized spacial score (nSPS) is 34.7. The Balaban J connectivity index is 1.99. The smallest absolute Gasteiger partial charge is 0.0123 e. The lowest BCUT2D eigenvalue weighted by Crippen LogP contribution is -2.44. The summed E-state index contributed by atoms with van der Waals surface area (Å²) in [5, 5.41) is 3.66. The van der Waals surface area contributed by atoms with E-state index in [1.165, 1.54) is 44.9 Å². The molecule has 0 aromatic carbocycles. The van der Waals surface area contributed by atoms with Crippen LogP contribution >= 0.6 is 0 Å². The van der Waals surface area contributed by atoms with E-state index in [1.807, 2.05) is 0 Å². The van der Waals surface area contributed by atoms with Crippen LogP contribution in [0.15, 0.2) is 0 Å². The van der Waals surface area contributed by atoms with Crippen molar-refractivity contribution in [2.24, 2.45) is 23.7 Å². The summed E-state index contributed by atoms with van der Waals surface area (Å²) in [4.78, 5) is 0. The fraction of sp³-hybridized carbons (Fsp3) is 1.00. The van der Waals surface area contributed by atoms with Gasteiger partial charge >= 0.3 is 0 Å². The second-order valence-corrected chi connectivity index (χ2v) is 6.13. The maximum absolute atomic E-state index is 3.66. The molecule has 2 aliphatic rings. The Bertz CT molecular complexity index is 207. The van der Waals surface area contributed by atoms with E-state index in [1.54, 1.807) is 0 Å². The largest absolute Gasteiger partial charge is 0.316 e. The second kappa shape index (κ2) is 5.53. The molecule has 2 rings (SSSR count). The molecular formula is C15H29N. The zero-order valence-electron chi connectivity index (χ0n) is 11.3. The summed E-state index contributed by atoms with van der Waals surface area (Å²) < 4.78 is 0. The standard InChI is InChI=1S/C15H29N/c1-4-12-7-5-6-8-14(12)15(16-3)11(2)13-9-10-13/h11-16H,4-10H2,1-3H3. The van der Waals surface area contributed by atoms with Crippen LogP contribution in [0, 0.1) is 23.7 Å². The monoisotopic (exact) mass is 223 g/mol. The summed E-state index contributed by atoms with van der Waals surface area (Å²) in [6.07, 6.45) is 10.3. The van der Waals surface area contributed by atoms with Crippen molar-refractivity contribution in [3.05, 3.63) is 0 Å². The Hall–Kier alpha value is -0.0400. The van der Waals surface area contributed by atoms with Crippen molar-refractivity contribution in [1.82, 2.24) is 5.32 Å². The van der Waals surface area contributed by atoms with Crippen LogP contribution in [0.4, 0.5) is 0 Å². The molecule has 0 aliphatic heterocycles. The molecule has 0 heterocycles. The van der Waals surface area contributed by atoms with Crippen LogP contribution < -0.4 is 5.32 Å². The molecule has 4 unspecified atom stereocenters. The van der Waals surface area contributed by atoms with Gasteiger partial charge in [0.1, 0.15) is 0 Å². The van der Waals surface area contributed by atoms with E-state index >= 15 is 0 Å². The number of hydrogen-bond acceptors (Lipinski definition) is 1. The molecule has 1 heteroatoms. The minimum Gasteiger partial charge on any atom is -0.316 e. The van der Waals surface area contributed by atoms with Gasteiger partial charge in [0, 0.05) is 6.04 Å². The van der Waals surface area contributed by atoms with E-state index in [2.05, 4.69) is 26.2 Å². The van der Waals surface area contributed by atoms with Crippen LogP contribution in [0.2, 0.25) is 0 Å². The average Bonchev–Trinajstić information content (AvgIpc) is 3.14. The zero-order chi connectivity index (χ0) is 11.5. The molecule has 2 saturated carbocycles. The predicted octanol–water partition coefficient (Wildman–Crippen LogP) is 3.84. The summed E-state index contributed by atoms with van der Waals surface area (Å²) in [5.41, 5.74) is 0. The first-order valence-corrected chi connectivity index (χ1v) is 7.45. The number of nitrogens with one attached hydrogen (secondary N) is 1. The fourth-order valence-corrected chi connectivity index (χ4v) is 4.00. The summed E-state index contributed by atoms with van der Waals surface area (Å²) in [5.74, 6) is 3.89. The molecule has 0 spiro atoms. The molecule has 0 bridgehead atoms. The highest BCUT2D eigenvalue weighted by molar-refractivity contribution is 4.92. The molecule has 0 aromatic rings. The van der Waals surface area contributed by atoms with Crippen LogP contribution in [-0.4, -0.2) is 13.1 Å². The summed E-state index contributed by atoms with van der Waals surface area (Å²) in [6, 6.07) is 0.790. The highest BCUT2D eigenvalue weighted by Gasteiger charge is 2.39. The topological polar surface area (TPSA) is 12.0 Å². The molecule has 0 saturated heterocycles. The Morgan fingerprint density at radius 2 is 1.81 bits per heavy atom. The van der Waals surface area contributed by atoms with Crippen LogP contribution in [0.1, 0.15) is 58.8 Å². The van der Waals surface area contributed by atoms with Crippen molar-refractivity contribution < 1.29 is 0 Å². The predicted molar refractivity (Wildman–Crippen MR) is 70.5 cm³/mol. The van der Waals surface area contributed by atoms with E-state index in [0.29, 0.717) is 0 Å². The third-order valence-corrected chi connectivity index (χ3v) is 5.22. The maximum atomic E-state index is 3.66. The molecule has 94 valence electrons. The van der Waals surface area contributed by atoms with Gasteiger partial charge in [-0.05, 0) is 50.0 Å². The van der Waals surface area contributed by atoms with Gasteiger partial charge in [-0.1, -0.05) is 39.5 Å². The Kier molecular flexibility index (Phi) is 4.29. The van der Waals surface area contributed by atoms with Crippen LogP contribution in [0.25, 0.3) is 0 Å². The van der Waals surface area contributed by atoms with E-state index in [4.69, 9.17) is 0 Å². The minimum atomic E-state index is 0.790. The third kappa shape index (κ3) is 2.61. The van der Waals surface area contributed by atoms with Crippen molar-refractivity contribution >= 4 is 0 Å². The molecule has 2 aliphatic carbocycles. The summed E-state index contributed by atoms with van der Waals surface area (Å²) in [7, 11) is 2.19. The maximum Gasteiger partial charge on any atom is 0.0123 e. The van der Waals surface area contributed by atoms with Crippen molar-refractivity contribution in [2.45, 2.75) is 64.8 Å². The average molecular weight is 223 g/mol. The van der Waals surface area contributed by atoms with Crippen molar-refractivity contribution in [3.8, 4) is 0 Å². The lowest BCUT2D eigenvalue weighted by Gasteiger charge is -2.40. The molecule has 1 N–H and O–H groups in total. The van der Waals surface area contributed by atoms with Gasteiger partial charge in [0.25, 0.3) is 0 Å². The Labute approximate surface area is 101 Å². The van der Waals surface area contributed by atoms with Crippen molar-refractivity contribution in [1.29, 1.82) is 0 Å². The van der Waals surface area contributed by atoms with Gasteiger partial charge in [-0.3, -0.25) is 0 Å². The molecule has 2 fully saturated rings. The molecule has 4 atom stereocenters. The van der Waals surface area contributed by atoms with Crippen LogP contribution in [0.3, 0.4) is 0 Å². The minimum absolute atomic E-state index is 0.790. The first-order chi connectivity index (χ1) is 7.77. The first kappa shape index (κ1) is 12.4. The van der Waals surface area contributed by atoms with Crippen LogP contribution in [-0.2, 0) is 0 Å².